The summed E-state index contributed by atoms with van der Waals surface area (Å²) in [6, 6.07) is 17.8. The fourth-order valence-corrected chi connectivity index (χ4v) is 2.96. The molecule has 0 aliphatic carbocycles. The molecule has 0 bridgehead atoms. The molecule has 0 saturated heterocycles. The highest BCUT2D eigenvalue weighted by Gasteiger charge is 2.12. The van der Waals surface area contributed by atoms with Gasteiger partial charge in [0.15, 0.2) is 0 Å². The van der Waals surface area contributed by atoms with Crippen molar-refractivity contribution >= 4 is 23.9 Å². The Morgan fingerprint density at radius 1 is 1.19 bits per heavy atom. The van der Waals surface area contributed by atoms with E-state index in [1.54, 1.807) is 18.0 Å². The Kier molecular flexibility index (Phi) is 8.76. The van der Waals surface area contributed by atoms with Gasteiger partial charge in [-0.1, -0.05) is 43.7 Å². The lowest BCUT2D eigenvalue weighted by atomic mass is 10.2. The van der Waals surface area contributed by atoms with E-state index in [4.69, 9.17) is 4.74 Å². The van der Waals surface area contributed by atoms with E-state index >= 15 is 0 Å². The van der Waals surface area contributed by atoms with Crippen LogP contribution in [0.2, 0.25) is 0 Å². The molecule has 0 saturated carbocycles. The van der Waals surface area contributed by atoms with Gasteiger partial charge in [0.1, 0.15) is 5.75 Å². The first-order valence-electron chi connectivity index (χ1n) is 8.90. The van der Waals surface area contributed by atoms with Gasteiger partial charge in [0.25, 0.3) is 5.91 Å². The van der Waals surface area contributed by atoms with Crippen molar-refractivity contribution in [2.75, 3.05) is 6.61 Å². The summed E-state index contributed by atoms with van der Waals surface area (Å²) in [5.74, 6) is 1.56. The number of carbonyl (C=O) groups is 1. The molecule has 138 valence electrons. The van der Waals surface area contributed by atoms with Crippen LogP contribution >= 0.6 is 11.8 Å². The van der Waals surface area contributed by atoms with Crippen molar-refractivity contribution in [2.24, 2.45) is 5.10 Å². The van der Waals surface area contributed by atoms with Crippen LogP contribution in [0.3, 0.4) is 0 Å². The second-order valence-corrected chi connectivity index (χ2v) is 7.27. The van der Waals surface area contributed by atoms with Gasteiger partial charge >= 0.3 is 0 Å². The smallest absolute Gasteiger partial charge is 0.252 e. The van der Waals surface area contributed by atoms with Crippen molar-refractivity contribution in [3.05, 3.63) is 65.7 Å². The second-order valence-electron chi connectivity index (χ2n) is 5.94. The third kappa shape index (κ3) is 7.31. The maximum absolute atomic E-state index is 12.1. The molecule has 1 amide bonds. The third-order valence-corrected chi connectivity index (χ3v) is 4.96. The van der Waals surface area contributed by atoms with Crippen molar-refractivity contribution in [2.45, 2.75) is 37.7 Å². The number of amides is 1. The molecule has 0 spiro atoms. The Balaban J connectivity index is 1.73. The molecule has 0 heterocycles. The van der Waals surface area contributed by atoms with Gasteiger partial charge in [0, 0.05) is 5.75 Å². The molecule has 0 radical (unpaired) electrons. The lowest BCUT2D eigenvalue weighted by Crippen LogP contribution is -2.26. The Morgan fingerprint density at radius 2 is 1.92 bits per heavy atom. The van der Waals surface area contributed by atoms with E-state index in [9.17, 15) is 4.79 Å². The molecule has 1 atom stereocenters. The molecule has 5 heteroatoms. The fraction of sp³-hybridized carbons (Fsp3) is 0.333. The van der Waals surface area contributed by atoms with Gasteiger partial charge in [0.05, 0.1) is 18.1 Å². The first-order chi connectivity index (χ1) is 12.7. The summed E-state index contributed by atoms with van der Waals surface area (Å²) < 4.78 is 5.62. The summed E-state index contributed by atoms with van der Waals surface area (Å²) in [4.78, 5) is 12.1. The number of nitrogens with one attached hydrogen (secondary N) is 1. The average Bonchev–Trinajstić information content (AvgIpc) is 2.68. The van der Waals surface area contributed by atoms with Crippen LogP contribution in [0.5, 0.6) is 5.75 Å². The average molecular weight is 371 g/mol. The Hall–Kier alpha value is -2.27. The minimum Gasteiger partial charge on any atom is -0.494 e. The van der Waals surface area contributed by atoms with Crippen LogP contribution in [0, 0.1) is 0 Å². The first-order valence-corrected chi connectivity index (χ1v) is 9.95. The van der Waals surface area contributed by atoms with Gasteiger partial charge in [-0.25, -0.2) is 5.43 Å². The molecule has 0 aliphatic heterocycles. The van der Waals surface area contributed by atoms with E-state index in [1.807, 2.05) is 49.4 Å². The maximum atomic E-state index is 12.1. The molecule has 26 heavy (non-hydrogen) atoms. The van der Waals surface area contributed by atoms with Crippen molar-refractivity contribution < 1.29 is 9.53 Å². The number of hydrazone groups is 1. The van der Waals surface area contributed by atoms with Gasteiger partial charge in [-0.3, -0.25) is 4.79 Å². The van der Waals surface area contributed by atoms with E-state index in [1.165, 1.54) is 5.56 Å². The molecule has 0 aliphatic rings. The minimum absolute atomic E-state index is 0.0956. The van der Waals surface area contributed by atoms with Gasteiger partial charge in [0.2, 0.25) is 0 Å². The molecule has 0 fully saturated rings. The van der Waals surface area contributed by atoms with Crippen LogP contribution < -0.4 is 10.2 Å². The van der Waals surface area contributed by atoms with Crippen LogP contribution in [0.4, 0.5) is 0 Å². The van der Waals surface area contributed by atoms with Crippen molar-refractivity contribution in [3.8, 4) is 5.75 Å². The summed E-state index contributed by atoms with van der Waals surface area (Å²) in [7, 11) is 0. The predicted molar refractivity (Wildman–Crippen MR) is 110 cm³/mol. The predicted octanol–water partition coefficient (Wildman–Crippen LogP) is 4.64. The number of unbranched alkanes of at least 4 members (excludes halogenated alkanes) is 1. The van der Waals surface area contributed by atoms with Crippen LogP contribution in [0.15, 0.2) is 59.7 Å². The number of nitrogens with zero attached hydrogens (tertiary/aromatic N) is 1. The standard InChI is InChI=1S/C21H26N2O2S/c1-3-4-14-25-20-12-10-18(11-13-20)15-22-23-21(24)17(2)26-16-19-8-6-5-7-9-19/h5-13,15,17H,3-4,14,16H2,1-2H3,(H,23,24)/b22-15-/t17-/m1/s1. The van der Waals surface area contributed by atoms with E-state index in [0.29, 0.717) is 0 Å². The van der Waals surface area contributed by atoms with Crippen molar-refractivity contribution in [1.29, 1.82) is 0 Å². The number of hydrogen-bond acceptors (Lipinski definition) is 4. The van der Waals surface area contributed by atoms with E-state index in [0.717, 1.165) is 36.5 Å². The van der Waals surface area contributed by atoms with Crippen LogP contribution in [-0.4, -0.2) is 24.0 Å². The molecule has 2 rings (SSSR count). The monoisotopic (exact) mass is 370 g/mol. The molecule has 4 nitrogen and oxygen atoms in total. The number of thioether (sulfide) groups is 1. The van der Waals surface area contributed by atoms with E-state index < -0.39 is 0 Å². The summed E-state index contributed by atoms with van der Waals surface area (Å²) in [5.41, 5.74) is 4.73. The molecular weight excluding hydrogens is 344 g/mol. The normalized spacial score (nSPS) is 12.1. The zero-order chi connectivity index (χ0) is 18.6. The van der Waals surface area contributed by atoms with Crippen molar-refractivity contribution in [3.63, 3.8) is 0 Å². The van der Waals surface area contributed by atoms with Gasteiger partial charge in [-0.15, -0.1) is 11.8 Å². The first kappa shape index (κ1) is 20.0. The molecule has 2 aromatic rings. The van der Waals surface area contributed by atoms with Crippen LogP contribution in [-0.2, 0) is 10.5 Å². The fourth-order valence-electron chi connectivity index (χ4n) is 2.12. The Labute approximate surface area is 160 Å². The zero-order valence-electron chi connectivity index (χ0n) is 15.4. The maximum Gasteiger partial charge on any atom is 0.252 e. The van der Waals surface area contributed by atoms with E-state index in [-0.39, 0.29) is 11.2 Å². The largest absolute Gasteiger partial charge is 0.494 e. The molecule has 0 unspecified atom stereocenters. The highest BCUT2D eigenvalue weighted by atomic mass is 32.2. The van der Waals surface area contributed by atoms with Gasteiger partial charge in [-0.2, -0.15) is 5.10 Å². The molecule has 1 N–H and O–H groups in total. The lowest BCUT2D eigenvalue weighted by Gasteiger charge is -2.09. The highest BCUT2D eigenvalue weighted by Crippen LogP contribution is 2.17. The quantitative estimate of drug-likeness (QED) is 0.377. The number of ether oxygens (including phenoxy) is 1. The summed E-state index contributed by atoms with van der Waals surface area (Å²) >= 11 is 1.59. The van der Waals surface area contributed by atoms with Crippen LogP contribution in [0.1, 0.15) is 37.8 Å². The zero-order valence-corrected chi connectivity index (χ0v) is 16.2. The van der Waals surface area contributed by atoms with Gasteiger partial charge in [-0.05, 0) is 48.7 Å². The van der Waals surface area contributed by atoms with Gasteiger partial charge < -0.3 is 4.74 Å². The minimum atomic E-state index is -0.165. The third-order valence-electron chi connectivity index (χ3n) is 3.75. The second kappa shape index (κ2) is 11.4. The Morgan fingerprint density at radius 3 is 2.62 bits per heavy atom. The Bertz CT molecular complexity index is 687. The topological polar surface area (TPSA) is 50.7 Å². The van der Waals surface area contributed by atoms with Crippen molar-refractivity contribution in [1.82, 2.24) is 5.43 Å². The summed E-state index contributed by atoms with van der Waals surface area (Å²) in [6.07, 6.45) is 3.81. The van der Waals surface area contributed by atoms with E-state index in [2.05, 4.69) is 29.6 Å². The molecule has 0 aromatic heterocycles. The molecule has 2 aromatic carbocycles. The summed E-state index contributed by atoms with van der Waals surface area (Å²) in [5, 5.41) is 3.88. The molecular formula is C21H26N2O2S. The number of benzene rings is 2. The number of carbonyl (C=O) groups excluding carboxylic acids is 1. The number of rotatable bonds is 10. The lowest BCUT2D eigenvalue weighted by molar-refractivity contribution is -0.120. The highest BCUT2D eigenvalue weighted by molar-refractivity contribution is 7.99. The van der Waals surface area contributed by atoms with Crippen LogP contribution in [0.25, 0.3) is 0 Å². The SMILES string of the molecule is CCCCOc1ccc(/C=N\NC(=O)[C@@H](C)SCc2ccccc2)cc1. The summed E-state index contributed by atoms with van der Waals surface area (Å²) in [6.45, 7) is 4.76. The number of hydrogen-bond donors (Lipinski definition) is 1.